The third-order valence-electron chi connectivity index (χ3n) is 4.27. The topological polar surface area (TPSA) is 70.2 Å². The Morgan fingerprint density at radius 2 is 1.70 bits per heavy atom. The normalized spacial score (nSPS) is 16.8. The largest absolute Gasteiger partial charge is 0.416 e. The van der Waals surface area contributed by atoms with Crippen molar-refractivity contribution < 1.29 is 22.8 Å². The van der Waals surface area contributed by atoms with E-state index in [1.807, 2.05) is 0 Å². The fraction of sp³-hybridized carbons (Fsp3) is 0.263. The molecule has 0 spiro atoms. The molecule has 2 amide bonds. The van der Waals surface area contributed by atoms with Gasteiger partial charge in [-0.05, 0) is 49.4 Å². The van der Waals surface area contributed by atoms with Crippen molar-refractivity contribution in [1.29, 1.82) is 0 Å². The van der Waals surface area contributed by atoms with Crippen molar-refractivity contribution in [3.05, 3.63) is 59.7 Å². The van der Waals surface area contributed by atoms with E-state index in [4.69, 9.17) is 0 Å². The molecule has 1 saturated heterocycles. The van der Waals surface area contributed by atoms with Crippen molar-refractivity contribution in [1.82, 2.24) is 5.32 Å². The highest BCUT2D eigenvalue weighted by atomic mass is 19.4. The van der Waals surface area contributed by atoms with Crippen LogP contribution in [0.1, 0.15) is 22.3 Å². The van der Waals surface area contributed by atoms with Gasteiger partial charge in [0.25, 0.3) is 5.91 Å². The van der Waals surface area contributed by atoms with Crippen LogP contribution in [0.3, 0.4) is 0 Å². The van der Waals surface area contributed by atoms with Gasteiger partial charge in [-0.1, -0.05) is 12.1 Å². The second-order valence-corrected chi connectivity index (χ2v) is 6.29. The summed E-state index contributed by atoms with van der Waals surface area (Å²) in [6.45, 7) is 1.42. The number of carbonyl (C=O) groups is 2. The fourth-order valence-electron chi connectivity index (χ4n) is 2.84. The Bertz CT molecular complexity index is 846. The lowest BCUT2D eigenvalue weighted by atomic mass is 10.1. The molecule has 2 aromatic rings. The van der Waals surface area contributed by atoms with Gasteiger partial charge in [0.2, 0.25) is 5.91 Å². The molecule has 1 unspecified atom stereocenters. The molecule has 3 N–H and O–H groups in total. The molecule has 3 rings (SSSR count). The molecule has 8 heteroatoms. The van der Waals surface area contributed by atoms with Crippen molar-refractivity contribution >= 4 is 23.2 Å². The zero-order valence-electron chi connectivity index (χ0n) is 14.3. The molecule has 1 aliphatic heterocycles. The lowest BCUT2D eigenvalue weighted by Crippen LogP contribution is -2.24. The Labute approximate surface area is 154 Å². The molecular weight excluding hydrogens is 359 g/mol. The summed E-state index contributed by atoms with van der Waals surface area (Å²) in [6, 6.07) is 10.7. The van der Waals surface area contributed by atoms with E-state index in [0.29, 0.717) is 17.9 Å². The molecule has 0 aliphatic carbocycles. The molecule has 0 bridgehead atoms. The number of alkyl halides is 3. The van der Waals surface area contributed by atoms with Gasteiger partial charge in [0, 0.05) is 23.5 Å². The molecule has 1 atom stereocenters. The third kappa shape index (κ3) is 4.85. The number of nitrogens with one attached hydrogen (secondary N) is 3. The Hall–Kier alpha value is -2.87. The number of amides is 2. The van der Waals surface area contributed by atoms with Crippen molar-refractivity contribution in [2.75, 3.05) is 23.7 Å². The van der Waals surface area contributed by atoms with Gasteiger partial charge in [0.1, 0.15) is 0 Å². The van der Waals surface area contributed by atoms with Crippen LogP contribution in [0.4, 0.5) is 24.5 Å². The zero-order valence-corrected chi connectivity index (χ0v) is 14.3. The van der Waals surface area contributed by atoms with Crippen LogP contribution in [0, 0.1) is 5.92 Å². The molecule has 5 nitrogen and oxygen atoms in total. The second kappa shape index (κ2) is 7.79. The van der Waals surface area contributed by atoms with E-state index < -0.39 is 17.6 Å². The number of halogens is 3. The third-order valence-corrected chi connectivity index (χ3v) is 4.27. The highest BCUT2D eigenvalue weighted by Gasteiger charge is 2.31. The maximum atomic E-state index is 12.8. The lowest BCUT2D eigenvalue weighted by Gasteiger charge is -2.12. The maximum absolute atomic E-state index is 12.8. The Morgan fingerprint density at radius 1 is 1.00 bits per heavy atom. The van der Waals surface area contributed by atoms with Gasteiger partial charge >= 0.3 is 6.18 Å². The van der Waals surface area contributed by atoms with E-state index in [-0.39, 0.29) is 17.4 Å². The predicted molar refractivity (Wildman–Crippen MR) is 95.4 cm³/mol. The average Bonchev–Trinajstić information content (AvgIpc) is 3.16. The molecule has 1 heterocycles. The van der Waals surface area contributed by atoms with Crippen LogP contribution in [0.2, 0.25) is 0 Å². The highest BCUT2D eigenvalue weighted by molar-refractivity contribution is 6.04. The first-order valence-electron chi connectivity index (χ1n) is 8.43. The smallest absolute Gasteiger partial charge is 0.326 e. The summed E-state index contributed by atoms with van der Waals surface area (Å²) < 4.78 is 38.4. The van der Waals surface area contributed by atoms with E-state index in [1.54, 1.807) is 24.3 Å². The Balaban J connectivity index is 1.69. The minimum Gasteiger partial charge on any atom is -0.326 e. The molecule has 142 valence electrons. The summed E-state index contributed by atoms with van der Waals surface area (Å²) in [4.78, 5) is 24.4. The predicted octanol–water partition coefficient (Wildman–Crippen LogP) is 3.51. The van der Waals surface area contributed by atoms with Gasteiger partial charge < -0.3 is 16.0 Å². The van der Waals surface area contributed by atoms with Crippen LogP contribution in [0.25, 0.3) is 0 Å². The molecule has 1 aliphatic rings. The summed E-state index contributed by atoms with van der Waals surface area (Å²) >= 11 is 0. The summed E-state index contributed by atoms with van der Waals surface area (Å²) in [5.74, 6) is -0.876. The van der Waals surface area contributed by atoms with Gasteiger partial charge in [0.15, 0.2) is 0 Å². The first kappa shape index (κ1) is 18.9. The van der Waals surface area contributed by atoms with E-state index >= 15 is 0 Å². The van der Waals surface area contributed by atoms with Crippen molar-refractivity contribution in [2.45, 2.75) is 12.6 Å². The fourth-order valence-corrected chi connectivity index (χ4v) is 2.84. The first-order chi connectivity index (χ1) is 12.8. The van der Waals surface area contributed by atoms with Crippen molar-refractivity contribution in [3.8, 4) is 0 Å². The summed E-state index contributed by atoms with van der Waals surface area (Å²) in [6.07, 6.45) is -3.76. The van der Waals surface area contributed by atoms with Gasteiger partial charge in [-0.15, -0.1) is 0 Å². The number of carbonyl (C=O) groups excluding carboxylic acids is 2. The lowest BCUT2D eigenvalue weighted by molar-refractivity contribution is -0.137. The van der Waals surface area contributed by atoms with Crippen LogP contribution in [0.5, 0.6) is 0 Å². The first-order valence-corrected chi connectivity index (χ1v) is 8.43. The van der Waals surface area contributed by atoms with Gasteiger partial charge in [-0.3, -0.25) is 9.59 Å². The SMILES string of the molecule is O=C(Nc1cccc(NC(=O)C2CCNC2)c1)c1cccc(C(F)(F)F)c1. The maximum Gasteiger partial charge on any atom is 0.416 e. The van der Waals surface area contributed by atoms with Gasteiger partial charge in [-0.2, -0.15) is 13.2 Å². The monoisotopic (exact) mass is 377 g/mol. The zero-order chi connectivity index (χ0) is 19.4. The van der Waals surface area contributed by atoms with Gasteiger partial charge in [-0.25, -0.2) is 0 Å². The average molecular weight is 377 g/mol. The Morgan fingerprint density at radius 3 is 2.37 bits per heavy atom. The molecule has 27 heavy (non-hydrogen) atoms. The number of anilines is 2. The molecule has 1 fully saturated rings. The number of benzene rings is 2. The van der Waals surface area contributed by atoms with E-state index in [2.05, 4.69) is 16.0 Å². The molecule has 2 aromatic carbocycles. The van der Waals surface area contributed by atoms with Crippen LogP contribution in [-0.2, 0) is 11.0 Å². The van der Waals surface area contributed by atoms with E-state index in [9.17, 15) is 22.8 Å². The van der Waals surface area contributed by atoms with E-state index in [1.165, 1.54) is 12.1 Å². The van der Waals surface area contributed by atoms with Gasteiger partial charge in [0.05, 0.1) is 11.5 Å². The van der Waals surface area contributed by atoms with Crippen LogP contribution in [-0.4, -0.2) is 24.9 Å². The molecule has 0 saturated carbocycles. The van der Waals surface area contributed by atoms with Crippen LogP contribution in [0.15, 0.2) is 48.5 Å². The standard InChI is InChI=1S/C19H18F3N3O2/c20-19(21,22)14-4-1-3-12(9-14)17(26)24-15-5-2-6-16(10-15)25-18(27)13-7-8-23-11-13/h1-6,9-10,13,23H,7-8,11H2,(H,24,26)(H,25,27). The molecule has 0 aromatic heterocycles. The minimum absolute atomic E-state index is 0.101. The van der Waals surface area contributed by atoms with Crippen LogP contribution < -0.4 is 16.0 Å². The highest BCUT2D eigenvalue weighted by Crippen LogP contribution is 2.29. The number of hydrogen-bond donors (Lipinski definition) is 3. The molecule has 0 radical (unpaired) electrons. The quantitative estimate of drug-likeness (QED) is 0.764. The minimum atomic E-state index is -4.52. The van der Waals surface area contributed by atoms with Crippen LogP contribution >= 0.6 is 0 Å². The molecular formula is C19H18F3N3O2. The van der Waals surface area contributed by atoms with Crippen molar-refractivity contribution in [3.63, 3.8) is 0 Å². The van der Waals surface area contributed by atoms with E-state index in [0.717, 1.165) is 25.1 Å². The summed E-state index contributed by atoms with van der Waals surface area (Å²) in [7, 11) is 0. The number of rotatable bonds is 4. The summed E-state index contributed by atoms with van der Waals surface area (Å²) in [5, 5.41) is 8.45. The Kier molecular flexibility index (Phi) is 5.46. The number of hydrogen-bond acceptors (Lipinski definition) is 3. The summed E-state index contributed by atoms with van der Waals surface area (Å²) in [5.41, 5.74) is -0.105. The van der Waals surface area contributed by atoms with Crippen molar-refractivity contribution in [2.24, 2.45) is 5.92 Å². The second-order valence-electron chi connectivity index (χ2n) is 6.29.